The quantitative estimate of drug-likeness (QED) is 0.867. The summed E-state index contributed by atoms with van der Waals surface area (Å²) < 4.78 is 46.8. The molecule has 1 aliphatic carbocycles. The average molecular weight is 295 g/mol. The first kappa shape index (κ1) is 16.0. The van der Waals surface area contributed by atoms with Crippen molar-refractivity contribution in [3.63, 3.8) is 0 Å². The van der Waals surface area contributed by atoms with E-state index in [-0.39, 0.29) is 24.2 Å². The molecule has 1 spiro atoms. The van der Waals surface area contributed by atoms with Gasteiger partial charge in [-0.05, 0) is 31.6 Å². The molecule has 1 saturated carbocycles. The smallest absolute Gasteiger partial charge is 0.375 e. The van der Waals surface area contributed by atoms with Crippen LogP contribution >= 0.6 is 0 Å². The maximum atomic E-state index is 12.0. The molecule has 0 bridgehead atoms. The molecule has 2 aliphatic rings. The predicted molar refractivity (Wildman–Crippen MR) is 69.3 cm³/mol. The third kappa shape index (κ3) is 4.60. The second-order valence-electron chi connectivity index (χ2n) is 6.14. The Morgan fingerprint density at radius 3 is 2.60 bits per heavy atom. The van der Waals surface area contributed by atoms with Crippen LogP contribution in [0.2, 0.25) is 0 Å². The molecule has 1 saturated heterocycles. The summed E-state index contributed by atoms with van der Waals surface area (Å²) in [5.74, 6) is 0.204. The van der Waals surface area contributed by atoms with E-state index in [0.717, 1.165) is 25.7 Å². The zero-order valence-corrected chi connectivity index (χ0v) is 11.8. The van der Waals surface area contributed by atoms with Crippen molar-refractivity contribution in [3.8, 4) is 0 Å². The van der Waals surface area contributed by atoms with E-state index in [1.54, 1.807) is 0 Å². The fraction of sp³-hybridized carbons (Fsp3) is 1.00. The van der Waals surface area contributed by atoms with Crippen molar-refractivity contribution in [1.82, 2.24) is 0 Å². The first-order valence-corrected chi connectivity index (χ1v) is 7.44. The zero-order chi connectivity index (χ0) is 14.6. The molecule has 20 heavy (non-hydrogen) atoms. The summed E-state index contributed by atoms with van der Waals surface area (Å²) in [6.45, 7) is -0.576. The highest BCUT2D eigenvalue weighted by Gasteiger charge is 2.40. The topological polar surface area (TPSA) is 44.5 Å². The molecule has 1 heterocycles. The number of ether oxygens (including phenoxy) is 2. The van der Waals surface area contributed by atoms with Crippen LogP contribution in [0.15, 0.2) is 0 Å². The highest BCUT2D eigenvalue weighted by Crippen LogP contribution is 2.41. The Balaban J connectivity index is 1.79. The minimum absolute atomic E-state index is 0.0275. The Morgan fingerprint density at radius 2 is 1.95 bits per heavy atom. The number of alkyl halides is 3. The van der Waals surface area contributed by atoms with Gasteiger partial charge in [0, 0.05) is 12.6 Å². The molecule has 2 unspecified atom stereocenters. The van der Waals surface area contributed by atoms with Crippen LogP contribution in [-0.2, 0) is 9.47 Å². The second kappa shape index (κ2) is 6.62. The highest BCUT2D eigenvalue weighted by molar-refractivity contribution is 4.92. The summed E-state index contributed by atoms with van der Waals surface area (Å²) in [5, 5.41) is 0. The average Bonchev–Trinajstić information content (AvgIpc) is 2.38. The van der Waals surface area contributed by atoms with Crippen molar-refractivity contribution in [2.45, 2.75) is 62.8 Å². The first-order valence-electron chi connectivity index (χ1n) is 7.44. The largest absolute Gasteiger partial charge is 0.411 e. The van der Waals surface area contributed by atoms with Crippen LogP contribution in [0.25, 0.3) is 0 Å². The monoisotopic (exact) mass is 295 g/mol. The Kier molecular flexibility index (Phi) is 5.31. The van der Waals surface area contributed by atoms with E-state index in [0.29, 0.717) is 6.61 Å². The summed E-state index contributed by atoms with van der Waals surface area (Å²) in [6, 6.07) is -0.333. The van der Waals surface area contributed by atoms with Gasteiger partial charge in [0.25, 0.3) is 0 Å². The molecule has 2 N–H and O–H groups in total. The number of hydrogen-bond acceptors (Lipinski definition) is 3. The molecule has 0 amide bonds. The number of nitrogens with two attached hydrogens (primary N) is 1. The predicted octanol–water partition coefficient (Wildman–Crippen LogP) is 3.02. The van der Waals surface area contributed by atoms with E-state index in [4.69, 9.17) is 15.2 Å². The van der Waals surface area contributed by atoms with Gasteiger partial charge in [-0.25, -0.2) is 0 Å². The van der Waals surface area contributed by atoms with Gasteiger partial charge in [0.1, 0.15) is 6.61 Å². The lowest BCUT2D eigenvalue weighted by Crippen LogP contribution is -2.47. The molecular formula is C14H24F3NO2. The van der Waals surface area contributed by atoms with E-state index < -0.39 is 12.8 Å². The fourth-order valence-corrected chi connectivity index (χ4v) is 3.42. The van der Waals surface area contributed by atoms with Crippen LogP contribution in [0.3, 0.4) is 0 Å². The SMILES string of the molecule is NC(COCC(F)(F)F)C1CCOC2(CCCCC2)C1. The lowest BCUT2D eigenvalue weighted by molar-refractivity contribution is -0.177. The van der Waals surface area contributed by atoms with E-state index in [2.05, 4.69) is 0 Å². The molecule has 6 heteroatoms. The standard InChI is InChI=1S/C14H24F3NO2/c15-14(16,17)10-19-9-12(18)11-4-7-20-13(8-11)5-2-1-3-6-13/h11-12H,1-10,18H2. The highest BCUT2D eigenvalue weighted by atomic mass is 19.4. The van der Waals surface area contributed by atoms with Gasteiger partial charge < -0.3 is 15.2 Å². The molecular weight excluding hydrogens is 271 g/mol. The molecule has 0 radical (unpaired) electrons. The molecule has 2 fully saturated rings. The number of halogens is 3. The second-order valence-corrected chi connectivity index (χ2v) is 6.14. The Labute approximate surface area is 118 Å². The maximum Gasteiger partial charge on any atom is 0.411 e. The number of rotatable bonds is 4. The van der Waals surface area contributed by atoms with Crippen molar-refractivity contribution < 1.29 is 22.6 Å². The first-order chi connectivity index (χ1) is 9.40. The van der Waals surface area contributed by atoms with Crippen LogP contribution in [0.4, 0.5) is 13.2 Å². The van der Waals surface area contributed by atoms with E-state index in [9.17, 15) is 13.2 Å². The summed E-state index contributed by atoms with van der Waals surface area (Å²) in [6.07, 6.45) is 3.11. The van der Waals surface area contributed by atoms with Crippen molar-refractivity contribution >= 4 is 0 Å². The molecule has 2 atom stereocenters. The Bertz CT molecular complexity index is 298. The Hall–Kier alpha value is -0.330. The maximum absolute atomic E-state index is 12.0. The van der Waals surface area contributed by atoms with Gasteiger partial charge in [-0.3, -0.25) is 0 Å². The van der Waals surface area contributed by atoms with Gasteiger partial charge in [0.2, 0.25) is 0 Å². The van der Waals surface area contributed by atoms with Crippen molar-refractivity contribution in [2.24, 2.45) is 11.7 Å². The summed E-state index contributed by atoms with van der Waals surface area (Å²) in [4.78, 5) is 0. The van der Waals surface area contributed by atoms with Gasteiger partial charge in [0.05, 0.1) is 12.2 Å². The van der Waals surface area contributed by atoms with E-state index in [1.807, 2.05) is 0 Å². The molecule has 1 aliphatic heterocycles. The lowest BCUT2D eigenvalue weighted by Gasteiger charge is -2.45. The van der Waals surface area contributed by atoms with Crippen LogP contribution in [0.5, 0.6) is 0 Å². The van der Waals surface area contributed by atoms with Crippen LogP contribution in [0.1, 0.15) is 44.9 Å². The van der Waals surface area contributed by atoms with Crippen molar-refractivity contribution in [3.05, 3.63) is 0 Å². The molecule has 0 aromatic rings. The third-order valence-electron chi connectivity index (χ3n) is 4.48. The minimum atomic E-state index is -4.28. The fourth-order valence-electron chi connectivity index (χ4n) is 3.42. The molecule has 3 nitrogen and oxygen atoms in total. The van der Waals surface area contributed by atoms with E-state index in [1.165, 1.54) is 19.3 Å². The summed E-state index contributed by atoms with van der Waals surface area (Å²) in [7, 11) is 0. The Morgan fingerprint density at radius 1 is 1.25 bits per heavy atom. The third-order valence-corrected chi connectivity index (χ3v) is 4.48. The summed E-state index contributed by atoms with van der Waals surface area (Å²) >= 11 is 0. The van der Waals surface area contributed by atoms with Crippen LogP contribution < -0.4 is 5.73 Å². The molecule has 0 aromatic carbocycles. The van der Waals surface area contributed by atoms with Gasteiger partial charge in [-0.2, -0.15) is 13.2 Å². The van der Waals surface area contributed by atoms with Gasteiger partial charge in [-0.15, -0.1) is 0 Å². The normalized spacial score (nSPS) is 28.5. The minimum Gasteiger partial charge on any atom is -0.375 e. The molecule has 2 rings (SSSR count). The summed E-state index contributed by atoms with van der Waals surface area (Å²) in [5.41, 5.74) is 5.95. The molecule has 0 aromatic heterocycles. The lowest BCUT2D eigenvalue weighted by atomic mass is 9.74. The van der Waals surface area contributed by atoms with Gasteiger partial charge >= 0.3 is 6.18 Å². The van der Waals surface area contributed by atoms with Crippen molar-refractivity contribution in [2.75, 3.05) is 19.8 Å². The zero-order valence-electron chi connectivity index (χ0n) is 11.8. The van der Waals surface area contributed by atoms with Crippen molar-refractivity contribution in [1.29, 1.82) is 0 Å². The van der Waals surface area contributed by atoms with Crippen LogP contribution in [0, 0.1) is 5.92 Å². The van der Waals surface area contributed by atoms with E-state index >= 15 is 0 Å². The van der Waals surface area contributed by atoms with Gasteiger partial charge in [0.15, 0.2) is 0 Å². The molecule has 118 valence electrons. The van der Waals surface area contributed by atoms with Gasteiger partial charge in [-0.1, -0.05) is 19.3 Å². The number of hydrogen-bond donors (Lipinski definition) is 1. The van der Waals surface area contributed by atoms with Crippen LogP contribution in [-0.4, -0.2) is 37.6 Å².